The lowest BCUT2D eigenvalue weighted by Crippen LogP contribution is -2.23. The van der Waals surface area contributed by atoms with Crippen LogP contribution in [0.3, 0.4) is 0 Å². The van der Waals surface area contributed by atoms with E-state index in [-0.39, 0.29) is 0 Å². The monoisotopic (exact) mass is 234 g/mol. The van der Waals surface area contributed by atoms with Gasteiger partial charge in [0.1, 0.15) is 4.21 Å². The van der Waals surface area contributed by atoms with E-state index in [4.69, 9.17) is 5.73 Å². The number of rotatable bonds is 5. The molecule has 0 spiro atoms. The lowest BCUT2D eigenvalue weighted by molar-refractivity contribution is 0.583. The average molecular weight is 234 g/mol. The predicted molar refractivity (Wildman–Crippen MR) is 57.7 cm³/mol. The van der Waals surface area contributed by atoms with Gasteiger partial charge in [-0.3, -0.25) is 0 Å². The minimum Gasteiger partial charge on any atom is -0.326 e. The van der Waals surface area contributed by atoms with Crippen LogP contribution in [0.4, 0.5) is 0 Å². The molecule has 0 amide bonds. The molecular formula is C8H14N2O2S2. The summed E-state index contributed by atoms with van der Waals surface area (Å²) in [5.74, 6) is 0. The maximum Gasteiger partial charge on any atom is 0.250 e. The van der Waals surface area contributed by atoms with Crippen molar-refractivity contribution in [3.63, 3.8) is 0 Å². The van der Waals surface area contributed by atoms with E-state index in [1.54, 1.807) is 11.4 Å². The Morgan fingerprint density at radius 3 is 2.79 bits per heavy atom. The van der Waals surface area contributed by atoms with Crippen LogP contribution in [0.1, 0.15) is 18.9 Å². The van der Waals surface area contributed by atoms with E-state index in [0.29, 0.717) is 17.3 Å². The lowest BCUT2D eigenvalue weighted by atomic mass is 10.4. The third-order valence-corrected chi connectivity index (χ3v) is 4.62. The van der Waals surface area contributed by atoms with Gasteiger partial charge in [0.15, 0.2) is 0 Å². The first-order valence-corrected chi connectivity index (χ1v) is 6.73. The zero-order valence-corrected chi connectivity index (χ0v) is 9.62. The molecule has 80 valence electrons. The second-order valence-corrected chi connectivity index (χ2v) is 5.78. The zero-order valence-electron chi connectivity index (χ0n) is 7.99. The third kappa shape index (κ3) is 2.78. The Bertz CT molecular complexity index is 384. The zero-order chi connectivity index (χ0) is 10.6. The first-order chi connectivity index (χ1) is 6.60. The molecule has 3 N–H and O–H groups in total. The smallest absolute Gasteiger partial charge is 0.250 e. The van der Waals surface area contributed by atoms with Crippen molar-refractivity contribution >= 4 is 21.4 Å². The fraction of sp³-hybridized carbons (Fsp3) is 0.500. The molecule has 1 aromatic rings. The van der Waals surface area contributed by atoms with Gasteiger partial charge in [0.2, 0.25) is 10.0 Å². The number of hydrogen-bond donors (Lipinski definition) is 2. The maximum absolute atomic E-state index is 11.6. The van der Waals surface area contributed by atoms with Crippen LogP contribution >= 0.6 is 11.3 Å². The summed E-state index contributed by atoms with van der Waals surface area (Å²) >= 11 is 1.20. The van der Waals surface area contributed by atoms with Gasteiger partial charge in [-0.25, -0.2) is 13.1 Å². The van der Waals surface area contributed by atoms with Crippen molar-refractivity contribution in [2.24, 2.45) is 5.73 Å². The standard InChI is InChI=1S/C8H14N2O2S2/c1-2-3-10-14(11,12)8-4-7(5-9)6-13-8/h4,6,10H,2-3,5,9H2,1H3. The van der Waals surface area contributed by atoms with Gasteiger partial charge >= 0.3 is 0 Å². The molecule has 4 nitrogen and oxygen atoms in total. The van der Waals surface area contributed by atoms with Gasteiger partial charge in [0.25, 0.3) is 0 Å². The molecular weight excluding hydrogens is 220 g/mol. The van der Waals surface area contributed by atoms with Crippen LogP contribution in [0.15, 0.2) is 15.7 Å². The Balaban J connectivity index is 2.81. The third-order valence-electron chi connectivity index (χ3n) is 1.67. The van der Waals surface area contributed by atoms with Crippen molar-refractivity contribution in [2.45, 2.75) is 24.1 Å². The van der Waals surface area contributed by atoms with Gasteiger partial charge in [-0.2, -0.15) is 0 Å². The molecule has 0 aromatic carbocycles. The van der Waals surface area contributed by atoms with Crippen molar-refractivity contribution in [3.8, 4) is 0 Å². The summed E-state index contributed by atoms with van der Waals surface area (Å²) in [6, 6.07) is 1.61. The number of sulfonamides is 1. The molecule has 0 aliphatic rings. The van der Waals surface area contributed by atoms with Gasteiger partial charge in [-0.05, 0) is 23.4 Å². The van der Waals surface area contributed by atoms with E-state index in [0.717, 1.165) is 12.0 Å². The topological polar surface area (TPSA) is 72.2 Å². The molecule has 0 atom stereocenters. The highest BCUT2D eigenvalue weighted by atomic mass is 32.2. The molecule has 0 radical (unpaired) electrons. The Morgan fingerprint density at radius 2 is 2.29 bits per heavy atom. The normalized spacial score (nSPS) is 11.9. The maximum atomic E-state index is 11.6. The van der Waals surface area contributed by atoms with Gasteiger partial charge in [-0.1, -0.05) is 6.92 Å². The van der Waals surface area contributed by atoms with Crippen LogP contribution in [-0.4, -0.2) is 15.0 Å². The van der Waals surface area contributed by atoms with Crippen LogP contribution in [0.25, 0.3) is 0 Å². The van der Waals surface area contributed by atoms with Crippen LogP contribution in [0, 0.1) is 0 Å². The molecule has 6 heteroatoms. The molecule has 0 saturated heterocycles. The molecule has 1 aromatic heterocycles. The Labute approximate surface area is 88.2 Å². The Morgan fingerprint density at radius 1 is 1.57 bits per heavy atom. The van der Waals surface area contributed by atoms with Crippen LogP contribution in [0.5, 0.6) is 0 Å². The minimum absolute atomic E-state index is 0.339. The fourth-order valence-corrected chi connectivity index (χ4v) is 3.31. The Kier molecular flexibility index (Phi) is 4.06. The SMILES string of the molecule is CCCNS(=O)(=O)c1cc(CN)cs1. The van der Waals surface area contributed by atoms with Crippen LogP contribution in [-0.2, 0) is 16.6 Å². The van der Waals surface area contributed by atoms with Gasteiger partial charge in [0, 0.05) is 13.1 Å². The average Bonchev–Trinajstić information content (AvgIpc) is 2.63. The quantitative estimate of drug-likeness (QED) is 0.795. The van der Waals surface area contributed by atoms with Gasteiger partial charge in [0.05, 0.1) is 0 Å². The molecule has 0 unspecified atom stereocenters. The summed E-state index contributed by atoms with van der Waals surface area (Å²) in [6.07, 6.45) is 0.786. The van der Waals surface area contributed by atoms with Gasteiger partial charge in [-0.15, -0.1) is 11.3 Å². The molecule has 0 saturated carbocycles. The number of hydrogen-bond acceptors (Lipinski definition) is 4. The second-order valence-electron chi connectivity index (χ2n) is 2.88. The van der Waals surface area contributed by atoms with E-state index in [2.05, 4.69) is 4.72 Å². The van der Waals surface area contributed by atoms with Crippen molar-refractivity contribution in [3.05, 3.63) is 17.0 Å². The minimum atomic E-state index is -3.30. The molecule has 1 rings (SSSR count). The van der Waals surface area contributed by atoms with E-state index in [1.807, 2.05) is 6.92 Å². The Hall–Kier alpha value is -0.430. The fourth-order valence-electron chi connectivity index (χ4n) is 0.909. The molecule has 14 heavy (non-hydrogen) atoms. The second kappa shape index (κ2) is 4.88. The molecule has 0 aliphatic carbocycles. The summed E-state index contributed by atoms with van der Waals surface area (Å²) in [6.45, 7) is 2.76. The van der Waals surface area contributed by atoms with E-state index in [1.165, 1.54) is 11.3 Å². The highest BCUT2D eigenvalue weighted by molar-refractivity contribution is 7.91. The van der Waals surface area contributed by atoms with E-state index in [9.17, 15) is 8.42 Å². The van der Waals surface area contributed by atoms with Crippen LogP contribution in [0.2, 0.25) is 0 Å². The highest BCUT2D eigenvalue weighted by Gasteiger charge is 2.14. The summed E-state index contributed by atoms with van der Waals surface area (Å²) in [7, 11) is -3.30. The summed E-state index contributed by atoms with van der Waals surface area (Å²) < 4.78 is 26.0. The highest BCUT2D eigenvalue weighted by Crippen LogP contribution is 2.19. The first kappa shape index (κ1) is 11.6. The molecule has 0 fully saturated rings. The number of nitrogens with two attached hydrogens (primary N) is 1. The summed E-state index contributed by atoms with van der Waals surface area (Å²) in [5, 5.41) is 1.76. The lowest BCUT2D eigenvalue weighted by Gasteiger charge is -2.01. The summed E-state index contributed by atoms with van der Waals surface area (Å²) in [4.78, 5) is 0. The van der Waals surface area contributed by atoms with Gasteiger partial charge < -0.3 is 5.73 Å². The van der Waals surface area contributed by atoms with Crippen molar-refractivity contribution in [1.82, 2.24) is 4.72 Å². The largest absolute Gasteiger partial charge is 0.326 e. The van der Waals surface area contributed by atoms with Crippen molar-refractivity contribution in [1.29, 1.82) is 0 Å². The van der Waals surface area contributed by atoms with Crippen LogP contribution < -0.4 is 10.5 Å². The van der Waals surface area contributed by atoms with E-state index < -0.39 is 10.0 Å². The first-order valence-electron chi connectivity index (χ1n) is 4.37. The predicted octanol–water partition coefficient (Wildman–Crippen LogP) is 0.895. The molecule has 0 aliphatic heterocycles. The molecule has 1 heterocycles. The van der Waals surface area contributed by atoms with Crippen molar-refractivity contribution < 1.29 is 8.42 Å². The number of nitrogens with one attached hydrogen (secondary N) is 1. The summed E-state index contributed by atoms with van der Waals surface area (Å²) in [5.41, 5.74) is 6.25. The molecule has 0 bridgehead atoms. The number of thiophene rings is 1. The van der Waals surface area contributed by atoms with Crippen molar-refractivity contribution in [2.75, 3.05) is 6.54 Å². The van der Waals surface area contributed by atoms with E-state index >= 15 is 0 Å².